The maximum Gasteiger partial charge on any atom is 0.331 e. The Balaban J connectivity index is 1.94. The Labute approximate surface area is 155 Å². The van der Waals surface area contributed by atoms with E-state index in [9.17, 15) is 24.3 Å². The number of nitrogens with two attached hydrogens (primary N) is 1. The van der Waals surface area contributed by atoms with Gasteiger partial charge in [0.15, 0.2) is 17.1 Å². The number of nitrogens with one attached hydrogen (secondary N) is 1. The fourth-order valence-electron chi connectivity index (χ4n) is 3.68. The standard InChI is InChI=1S/C19H21N3O5/c1-22-13-5-3-2-4-11(13)10-14(22)16(24)12-6-8-21-15(12)17(25)19(20,7-9-23)18(26)27/h2-5,9-10,12,15,21H,6-8,20H2,1H3,(H,26,27)/t12-,15-,19?/m0/s1. The van der Waals surface area contributed by atoms with Crippen molar-refractivity contribution in [1.29, 1.82) is 0 Å². The molecule has 2 heterocycles. The molecule has 1 aromatic carbocycles. The summed E-state index contributed by atoms with van der Waals surface area (Å²) in [4.78, 5) is 48.3. The van der Waals surface area contributed by atoms with Crippen LogP contribution in [0.5, 0.6) is 0 Å². The van der Waals surface area contributed by atoms with Crippen LogP contribution in [0.25, 0.3) is 10.9 Å². The number of hydrogen-bond donors (Lipinski definition) is 3. The molecule has 1 fully saturated rings. The number of para-hydroxylation sites is 1. The SMILES string of the molecule is Cn1c(C(=O)[C@H]2CCN[C@@H]2C(=O)C(N)(CC=O)C(=O)O)cc2ccccc21. The Kier molecular flexibility index (Phi) is 4.95. The van der Waals surface area contributed by atoms with Gasteiger partial charge in [-0.15, -0.1) is 0 Å². The maximum absolute atomic E-state index is 13.1. The number of hydrogen-bond acceptors (Lipinski definition) is 6. The summed E-state index contributed by atoms with van der Waals surface area (Å²) in [6, 6.07) is 8.24. The lowest BCUT2D eigenvalue weighted by atomic mass is 9.81. The summed E-state index contributed by atoms with van der Waals surface area (Å²) in [5, 5.41) is 13.1. The minimum atomic E-state index is -2.35. The van der Waals surface area contributed by atoms with Crippen molar-refractivity contribution in [1.82, 2.24) is 9.88 Å². The number of ketones is 2. The molecule has 1 aromatic heterocycles. The third-order valence-corrected chi connectivity index (χ3v) is 5.27. The molecule has 1 aliphatic heterocycles. The first-order valence-electron chi connectivity index (χ1n) is 8.63. The second kappa shape index (κ2) is 7.05. The van der Waals surface area contributed by atoms with Crippen molar-refractivity contribution in [3.8, 4) is 0 Å². The van der Waals surface area contributed by atoms with E-state index in [0.29, 0.717) is 24.9 Å². The number of aliphatic carboxylic acids is 1. The van der Waals surface area contributed by atoms with Crippen molar-refractivity contribution in [3.05, 3.63) is 36.0 Å². The molecule has 142 valence electrons. The van der Waals surface area contributed by atoms with Crippen molar-refractivity contribution < 1.29 is 24.3 Å². The van der Waals surface area contributed by atoms with Gasteiger partial charge in [0.1, 0.15) is 6.29 Å². The van der Waals surface area contributed by atoms with Crippen LogP contribution in [0.3, 0.4) is 0 Å². The normalized spacial score (nSPS) is 21.7. The molecule has 0 radical (unpaired) electrons. The zero-order chi connectivity index (χ0) is 19.8. The average Bonchev–Trinajstić information content (AvgIpc) is 3.26. The molecule has 27 heavy (non-hydrogen) atoms. The topological polar surface area (TPSA) is 131 Å². The van der Waals surface area contributed by atoms with Gasteiger partial charge in [0.2, 0.25) is 0 Å². The molecule has 0 bridgehead atoms. The number of carbonyl (C=O) groups is 4. The second-order valence-electron chi connectivity index (χ2n) is 6.85. The lowest BCUT2D eigenvalue weighted by Gasteiger charge is -2.27. The van der Waals surface area contributed by atoms with Gasteiger partial charge in [-0.2, -0.15) is 0 Å². The Hall–Kier alpha value is -2.84. The van der Waals surface area contributed by atoms with E-state index in [1.54, 1.807) is 17.7 Å². The van der Waals surface area contributed by atoms with Gasteiger partial charge in [0, 0.05) is 30.3 Å². The average molecular weight is 371 g/mol. The van der Waals surface area contributed by atoms with Crippen LogP contribution in [0.1, 0.15) is 23.3 Å². The molecule has 0 saturated carbocycles. The quantitative estimate of drug-likeness (QED) is 0.362. The highest BCUT2D eigenvalue weighted by molar-refractivity contribution is 6.14. The molecule has 2 aromatic rings. The minimum Gasteiger partial charge on any atom is -0.480 e. The highest BCUT2D eigenvalue weighted by Crippen LogP contribution is 2.28. The highest BCUT2D eigenvalue weighted by Gasteiger charge is 2.50. The fraction of sp³-hybridized carbons (Fsp3) is 0.368. The molecule has 8 heteroatoms. The molecule has 0 amide bonds. The Bertz CT molecular complexity index is 935. The largest absolute Gasteiger partial charge is 0.480 e. The molecular formula is C19H21N3O5. The summed E-state index contributed by atoms with van der Waals surface area (Å²) in [6.45, 7) is 0.382. The zero-order valence-electron chi connectivity index (χ0n) is 14.8. The van der Waals surface area contributed by atoms with E-state index in [-0.39, 0.29) is 5.78 Å². The molecule has 3 atom stereocenters. The number of carbonyl (C=O) groups excluding carboxylic acids is 3. The molecule has 4 N–H and O–H groups in total. The number of Topliss-reactive ketones (excluding diaryl/α,β-unsaturated/α-hetero) is 2. The van der Waals surface area contributed by atoms with Crippen molar-refractivity contribution in [3.63, 3.8) is 0 Å². The van der Waals surface area contributed by atoms with Gasteiger partial charge in [0.05, 0.1) is 11.7 Å². The first-order chi connectivity index (χ1) is 12.8. The Morgan fingerprint density at radius 1 is 1.37 bits per heavy atom. The second-order valence-corrected chi connectivity index (χ2v) is 6.85. The molecule has 1 saturated heterocycles. The summed E-state index contributed by atoms with van der Waals surface area (Å²) in [6.07, 6.45) is 0.0452. The van der Waals surface area contributed by atoms with E-state index in [4.69, 9.17) is 5.73 Å². The molecule has 0 aliphatic carbocycles. The molecule has 1 unspecified atom stereocenters. The minimum absolute atomic E-state index is 0.254. The first-order valence-corrected chi connectivity index (χ1v) is 8.63. The van der Waals surface area contributed by atoms with Crippen LogP contribution in [-0.2, 0) is 21.4 Å². The Morgan fingerprint density at radius 2 is 2.07 bits per heavy atom. The summed E-state index contributed by atoms with van der Waals surface area (Å²) in [5.74, 6) is -3.42. The number of rotatable bonds is 7. The molecule has 0 spiro atoms. The zero-order valence-corrected chi connectivity index (χ0v) is 14.8. The van der Waals surface area contributed by atoms with Gasteiger partial charge in [-0.05, 0) is 25.1 Å². The van der Waals surface area contributed by atoms with E-state index in [2.05, 4.69) is 5.32 Å². The lowest BCUT2D eigenvalue weighted by molar-refractivity contribution is -0.150. The first kappa shape index (κ1) is 18.9. The third kappa shape index (κ3) is 3.07. The van der Waals surface area contributed by atoms with Crippen LogP contribution in [0.2, 0.25) is 0 Å². The summed E-state index contributed by atoms with van der Waals surface area (Å²) in [5.41, 5.74) is 4.71. The van der Waals surface area contributed by atoms with Crippen LogP contribution < -0.4 is 11.1 Å². The summed E-state index contributed by atoms with van der Waals surface area (Å²) >= 11 is 0. The monoisotopic (exact) mass is 371 g/mol. The number of aldehydes is 1. The van der Waals surface area contributed by atoms with Gasteiger partial charge < -0.3 is 25.5 Å². The van der Waals surface area contributed by atoms with Crippen LogP contribution in [0.15, 0.2) is 30.3 Å². The van der Waals surface area contributed by atoms with E-state index in [0.717, 1.165) is 10.9 Å². The van der Waals surface area contributed by atoms with Crippen molar-refractivity contribution in [2.24, 2.45) is 18.7 Å². The van der Waals surface area contributed by atoms with Crippen LogP contribution in [-0.4, -0.2) is 51.6 Å². The van der Waals surface area contributed by atoms with E-state index >= 15 is 0 Å². The summed E-state index contributed by atoms with van der Waals surface area (Å²) in [7, 11) is 1.77. The third-order valence-electron chi connectivity index (χ3n) is 5.27. The fourth-order valence-corrected chi connectivity index (χ4v) is 3.68. The van der Waals surface area contributed by atoms with Gasteiger partial charge in [0.25, 0.3) is 0 Å². The van der Waals surface area contributed by atoms with Crippen molar-refractivity contribution in [2.75, 3.05) is 6.54 Å². The number of carboxylic acids is 1. The summed E-state index contributed by atoms with van der Waals surface area (Å²) < 4.78 is 1.76. The van der Waals surface area contributed by atoms with Gasteiger partial charge in [-0.3, -0.25) is 9.59 Å². The van der Waals surface area contributed by atoms with Crippen molar-refractivity contribution in [2.45, 2.75) is 24.4 Å². The van der Waals surface area contributed by atoms with E-state index in [1.165, 1.54) is 0 Å². The van der Waals surface area contributed by atoms with Gasteiger partial charge in [-0.1, -0.05) is 18.2 Å². The number of aromatic nitrogens is 1. The predicted molar refractivity (Wildman–Crippen MR) is 97.4 cm³/mol. The van der Waals surface area contributed by atoms with Gasteiger partial charge in [-0.25, -0.2) is 4.79 Å². The van der Waals surface area contributed by atoms with Crippen LogP contribution in [0.4, 0.5) is 0 Å². The van der Waals surface area contributed by atoms with E-state index in [1.807, 2.05) is 24.3 Å². The number of carboxylic acid groups (broad SMARTS) is 1. The number of nitrogens with zero attached hydrogens (tertiary/aromatic N) is 1. The predicted octanol–water partition coefficient (Wildman–Crippen LogP) is 0.279. The molecular weight excluding hydrogens is 350 g/mol. The van der Waals surface area contributed by atoms with Crippen LogP contribution in [0, 0.1) is 5.92 Å². The lowest BCUT2D eigenvalue weighted by Crippen LogP contribution is -2.61. The van der Waals surface area contributed by atoms with Crippen LogP contribution >= 0.6 is 0 Å². The van der Waals surface area contributed by atoms with E-state index < -0.39 is 35.7 Å². The number of fused-ring (bicyclic) bond motifs is 1. The molecule has 1 aliphatic rings. The molecule has 3 rings (SSSR count). The molecule has 8 nitrogen and oxygen atoms in total. The number of aryl methyl sites for hydroxylation is 1. The van der Waals surface area contributed by atoms with Gasteiger partial charge >= 0.3 is 5.97 Å². The number of benzene rings is 1. The maximum atomic E-state index is 13.1. The Morgan fingerprint density at radius 3 is 2.70 bits per heavy atom. The van der Waals surface area contributed by atoms with Crippen molar-refractivity contribution >= 4 is 34.7 Å². The smallest absolute Gasteiger partial charge is 0.331 e. The highest BCUT2D eigenvalue weighted by atomic mass is 16.4.